The molecule has 8 heteroatoms. The lowest BCUT2D eigenvalue weighted by Crippen LogP contribution is -2.53. The van der Waals surface area contributed by atoms with Gasteiger partial charge in [0.2, 0.25) is 5.91 Å². The fourth-order valence-corrected chi connectivity index (χ4v) is 5.25. The summed E-state index contributed by atoms with van der Waals surface area (Å²) < 4.78 is 0. The summed E-state index contributed by atoms with van der Waals surface area (Å²) >= 11 is 0. The highest BCUT2D eigenvalue weighted by molar-refractivity contribution is 6.03. The van der Waals surface area contributed by atoms with Crippen LogP contribution in [0.15, 0.2) is 48.5 Å². The zero-order valence-corrected chi connectivity index (χ0v) is 22.2. The fourth-order valence-electron chi connectivity index (χ4n) is 5.25. The predicted molar refractivity (Wildman–Crippen MR) is 143 cm³/mol. The second-order valence-corrected chi connectivity index (χ2v) is 10.7. The van der Waals surface area contributed by atoms with Crippen molar-refractivity contribution in [3.63, 3.8) is 0 Å². The first-order chi connectivity index (χ1) is 17.6. The Hall–Kier alpha value is -3.68. The standard InChI is InChI=1S/C29H36N4O4/c1-18(2)16-23(30-27(35)20-10-12-22(13-11-20)31(4)5)29(37)32-15-14-24-26(32)25(34)17-33(24)28(36)21-8-6-19(3)7-9-21/h6-13,18,23-24,26H,14-17H2,1-5H3,(H,30,35). The number of ketones is 1. The van der Waals surface area contributed by atoms with E-state index < -0.39 is 12.1 Å². The second-order valence-electron chi connectivity index (χ2n) is 10.7. The van der Waals surface area contributed by atoms with Crippen LogP contribution in [0.25, 0.3) is 0 Å². The molecule has 37 heavy (non-hydrogen) atoms. The lowest BCUT2D eigenvalue weighted by molar-refractivity contribution is -0.138. The normalized spacial score (nSPS) is 19.7. The van der Waals surface area contributed by atoms with Gasteiger partial charge in [-0.1, -0.05) is 31.5 Å². The van der Waals surface area contributed by atoms with E-state index >= 15 is 0 Å². The van der Waals surface area contributed by atoms with Gasteiger partial charge in [-0.05, 0) is 62.1 Å². The number of hydrogen-bond donors (Lipinski definition) is 1. The van der Waals surface area contributed by atoms with Gasteiger partial charge >= 0.3 is 0 Å². The van der Waals surface area contributed by atoms with Crippen LogP contribution < -0.4 is 10.2 Å². The third-order valence-electron chi connectivity index (χ3n) is 7.22. The molecule has 3 amide bonds. The Morgan fingerprint density at radius 1 is 0.973 bits per heavy atom. The molecule has 2 aromatic carbocycles. The molecule has 1 N–H and O–H groups in total. The second kappa shape index (κ2) is 10.7. The molecule has 2 aromatic rings. The van der Waals surface area contributed by atoms with Gasteiger partial charge in [0.05, 0.1) is 12.6 Å². The minimum atomic E-state index is -0.755. The summed E-state index contributed by atoms with van der Waals surface area (Å²) in [4.78, 5) is 58.1. The summed E-state index contributed by atoms with van der Waals surface area (Å²) in [6.45, 7) is 6.31. The number of hydrogen-bond acceptors (Lipinski definition) is 5. The van der Waals surface area contributed by atoms with Crippen molar-refractivity contribution in [2.45, 2.75) is 51.7 Å². The van der Waals surface area contributed by atoms with Crippen molar-refractivity contribution in [3.8, 4) is 0 Å². The molecule has 2 aliphatic rings. The van der Waals surface area contributed by atoms with Gasteiger partial charge in [0.1, 0.15) is 12.1 Å². The SMILES string of the molecule is Cc1ccc(C(=O)N2CC(=O)C3C2CCN3C(=O)C(CC(C)C)NC(=O)c2ccc(N(C)C)cc2)cc1. The Kier molecular flexibility index (Phi) is 7.66. The first-order valence-electron chi connectivity index (χ1n) is 12.9. The maximum atomic E-state index is 13.7. The topological polar surface area (TPSA) is 90.0 Å². The van der Waals surface area contributed by atoms with Crippen LogP contribution in [0.2, 0.25) is 0 Å². The lowest BCUT2D eigenvalue weighted by Gasteiger charge is -2.29. The smallest absolute Gasteiger partial charge is 0.254 e. The molecule has 0 saturated carbocycles. The highest BCUT2D eigenvalue weighted by Gasteiger charge is 2.52. The Bertz CT molecular complexity index is 1170. The number of anilines is 1. The van der Waals surface area contributed by atoms with E-state index in [0.717, 1.165) is 11.3 Å². The maximum Gasteiger partial charge on any atom is 0.254 e. The average molecular weight is 505 g/mol. The van der Waals surface area contributed by atoms with Crippen LogP contribution in [0, 0.1) is 12.8 Å². The van der Waals surface area contributed by atoms with Gasteiger partial charge in [0.25, 0.3) is 11.8 Å². The minimum Gasteiger partial charge on any atom is -0.378 e. The highest BCUT2D eigenvalue weighted by Crippen LogP contribution is 2.32. The number of likely N-dealkylation sites (tertiary alicyclic amines) is 2. The number of rotatable bonds is 7. The first-order valence-corrected chi connectivity index (χ1v) is 12.9. The molecule has 3 unspecified atom stereocenters. The molecule has 0 spiro atoms. The van der Waals surface area contributed by atoms with Crippen LogP contribution in [-0.2, 0) is 9.59 Å². The van der Waals surface area contributed by atoms with Crippen molar-refractivity contribution in [1.82, 2.24) is 15.1 Å². The average Bonchev–Trinajstić information content (AvgIpc) is 3.44. The first kappa shape index (κ1) is 26.4. The number of carbonyl (C=O) groups is 4. The molecule has 0 radical (unpaired) electrons. The minimum absolute atomic E-state index is 0.00868. The van der Waals surface area contributed by atoms with Crippen molar-refractivity contribution in [1.29, 1.82) is 0 Å². The number of fused-ring (bicyclic) bond motifs is 1. The number of carbonyl (C=O) groups excluding carboxylic acids is 4. The van der Waals surface area contributed by atoms with Gasteiger partial charge in [-0.25, -0.2) is 0 Å². The van der Waals surface area contributed by atoms with Crippen LogP contribution in [-0.4, -0.2) is 78.6 Å². The van der Waals surface area contributed by atoms with Crippen LogP contribution in [0.1, 0.15) is 53.0 Å². The zero-order chi connectivity index (χ0) is 26.9. The molecule has 0 aromatic heterocycles. The maximum absolute atomic E-state index is 13.7. The molecular weight excluding hydrogens is 468 g/mol. The number of amides is 3. The summed E-state index contributed by atoms with van der Waals surface area (Å²) in [5.41, 5.74) is 3.03. The Labute approximate surface area is 218 Å². The zero-order valence-electron chi connectivity index (χ0n) is 22.2. The monoisotopic (exact) mass is 504 g/mol. The molecule has 8 nitrogen and oxygen atoms in total. The molecule has 0 bridgehead atoms. The van der Waals surface area contributed by atoms with Gasteiger partial charge in [0, 0.05) is 37.5 Å². The van der Waals surface area contributed by atoms with Gasteiger partial charge in [-0.2, -0.15) is 0 Å². The van der Waals surface area contributed by atoms with Crippen LogP contribution in [0.3, 0.4) is 0 Å². The van der Waals surface area contributed by atoms with Crippen LogP contribution in [0.5, 0.6) is 0 Å². The van der Waals surface area contributed by atoms with Crippen LogP contribution >= 0.6 is 0 Å². The van der Waals surface area contributed by atoms with Crippen molar-refractivity contribution >= 4 is 29.2 Å². The van der Waals surface area contributed by atoms with E-state index in [4.69, 9.17) is 0 Å². The van der Waals surface area contributed by atoms with E-state index in [1.807, 2.05) is 64.0 Å². The molecule has 2 heterocycles. The van der Waals surface area contributed by atoms with E-state index in [1.165, 1.54) is 0 Å². The van der Waals surface area contributed by atoms with Gasteiger partial charge in [0.15, 0.2) is 5.78 Å². The van der Waals surface area contributed by atoms with Gasteiger partial charge in [-0.15, -0.1) is 0 Å². The lowest BCUT2D eigenvalue weighted by atomic mass is 10.0. The van der Waals surface area contributed by atoms with Crippen molar-refractivity contribution in [3.05, 3.63) is 65.2 Å². The third-order valence-corrected chi connectivity index (χ3v) is 7.22. The largest absolute Gasteiger partial charge is 0.378 e. The number of Topliss-reactive ketones (excluding diaryl/α,β-unsaturated/α-hetero) is 1. The Balaban J connectivity index is 1.49. The molecule has 196 valence electrons. The van der Waals surface area contributed by atoms with Crippen molar-refractivity contribution in [2.24, 2.45) is 5.92 Å². The summed E-state index contributed by atoms with van der Waals surface area (Å²) in [6, 6.07) is 12.7. The van der Waals surface area contributed by atoms with Gasteiger partial charge < -0.3 is 20.0 Å². The molecule has 2 aliphatic heterocycles. The van der Waals surface area contributed by atoms with E-state index in [-0.39, 0.29) is 42.0 Å². The van der Waals surface area contributed by atoms with E-state index in [2.05, 4.69) is 5.32 Å². The molecule has 3 atom stereocenters. The number of benzene rings is 2. The van der Waals surface area contributed by atoms with Crippen molar-refractivity contribution in [2.75, 3.05) is 32.1 Å². The summed E-state index contributed by atoms with van der Waals surface area (Å²) in [5, 5.41) is 2.91. The quantitative estimate of drug-likeness (QED) is 0.626. The molecule has 0 aliphatic carbocycles. The molecular formula is C29H36N4O4. The Morgan fingerprint density at radius 2 is 1.59 bits per heavy atom. The van der Waals surface area contributed by atoms with Gasteiger partial charge in [-0.3, -0.25) is 19.2 Å². The highest BCUT2D eigenvalue weighted by atomic mass is 16.2. The molecule has 4 rings (SSSR count). The van der Waals surface area contributed by atoms with E-state index in [9.17, 15) is 19.2 Å². The van der Waals surface area contributed by atoms with Crippen molar-refractivity contribution < 1.29 is 19.2 Å². The summed E-state index contributed by atoms with van der Waals surface area (Å²) in [6.07, 6.45) is 0.989. The van der Waals surface area contributed by atoms with E-state index in [0.29, 0.717) is 30.5 Å². The van der Waals surface area contributed by atoms with E-state index in [1.54, 1.807) is 34.1 Å². The number of aryl methyl sites for hydroxylation is 1. The Morgan fingerprint density at radius 3 is 2.19 bits per heavy atom. The number of nitrogens with one attached hydrogen (secondary N) is 1. The van der Waals surface area contributed by atoms with Crippen LogP contribution in [0.4, 0.5) is 5.69 Å². The molecule has 2 fully saturated rings. The fraction of sp³-hybridized carbons (Fsp3) is 0.448. The predicted octanol–water partition coefficient (Wildman–Crippen LogP) is 2.90. The molecule has 2 saturated heterocycles. The summed E-state index contributed by atoms with van der Waals surface area (Å²) in [7, 11) is 3.85. The summed E-state index contributed by atoms with van der Waals surface area (Å²) in [5.74, 6) is -0.761. The number of nitrogens with zero attached hydrogens (tertiary/aromatic N) is 3. The third kappa shape index (κ3) is 5.53.